The molecule has 4 rings (SSSR count). The zero-order valence-electron chi connectivity index (χ0n) is 14.3. The van der Waals surface area contributed by atoms with E-state index < -0.39 is 11.6 Å². The van der Waals surface area contributed by atoms with E-state index in [2.05, 4.69) is 20.5 Å². The molecule has 1 atom stereocenters. The van der Waals surface area contributed by atoms with Crippen LogP contribution in [-0.4, -0.2) is 44.9 Å². The lowest BCUT2D eigenvalue weighted by molar-refractivity contribution is 0.0854. The van der Waals surface area contributed by atoms with Gasteiger partial charge in [-0.1, -0.05) is 6.07 Å². The second-order valence-electron chi connectivity index (χ2n) is 6.24. The fourth-order valence-corrected chi connectivity index (χ4v) is 3.04. The number of aromatic nitrogens is 4. The van der Waals surface area contributed by atoms with E-state index in [1.165, 1.54) is 23.0 Å². The van der Waals surface area contributed by atoms with Gasteiger partial charge in [0.25, 0.3) is 5.91 Å². The normalized spacial score (nSPS) is 16.6. The molecule has 2 aromatic heterocycles. The molecule has 1 saturated heterocycles. The summed E-state index contributed by atoms with van der Waals surface area (Å²) in [6.07, 6.45) is 4.92. The standard InChI is InChI=1S/C18H17F2N5O2/c19-14-5-1-4-13(16(14)20)17-24-23-10-25(17)11-7-15(21-8-11)18(26)22-9-12-3-2-6-27-12/h1,4-5,7-8,10,12,21H,2-3,6,9H2,(H,22,26)/t12-/m0/s1. The van der Waals surface area contributed by atoms with E-state index in [1.54, 1.807) is 12.3 Å². The molecule has 7 nitrogen and oxygen atoms in total. The van der Waals surface area contributed by atoms with Crippen molar-refractivity contribution in [3.05, 3.63) is 54.1 Å². The summed E-state index contributed by atoms with van der Waals surface area (Å²) in [5, 5.41) is 10.5. The third kappa shape index (κ3) is 3.45. The Bertz CT molecular complexity index is 962. The maximum absolute atomic E-state index is 14.1. The van der Waals surface area contributed by atoms with Crippen molar-refractivity contribution in [3.63, 3.8) is 0 Å². The Morgan fingerprint density at radius 1 is 1.41 bits per heavy atom. The zero-order chi connectivity index (χ0) is 18.8. The smallest absolute Gasteiger partial charge is 0.267 e. The maximum Gasteiger partial charge on any atom is 0.267 e. The first-order valence-electron chi connectivity index (χ1n) is 8.56. The summed E-state index contributed by atoms with van der Waals surface area (Å²) < 4.78 is 34.6. The number of carbonyl (C=O) groups is 1. The summed E-state index contributed by atoms with van der Waals surface area (Å²) in [6, 6.07) is 5.44. The molecule has 0 bridgehead atoms. The molecule has 1 aliphatic rings. The number of nitrogens with zero attached hydrogens (tertiary/aromatic N) is 3. The Morgan fingerprint density at radius 3 is 3.11 bits per heavy atom. The second-order valence-corrected chi connectivity index (χ2v) is 6.24. The molecule has 1 amide bonds. The highest BCUT2D eigenvalue weighted by molar-refractivity contribution is 5.93. The minimum Gasteiger partial charge on any atom is -0.376 e. The van der Waals surface area contributed by atoms with Crippen LogP contribution < -0.4 is 5.32 Å². The second kappa shape index (κ2) is 7.28. The first kappa shape index (κ1) is 17.3. The molecule has 2 N–H and O–H groups in total. The highest BCUT2D eigenvalue weighted by atomic mass is 19.2. The molecule has 3 aromatic rings. The van der Waals surface area contributed by atoms with Gasteiger partial charge in [-0.05, 0) is 31.0 Å². The molecule has 0 unspecified atom stereocenters. The molecule has 9 heteroatoms. The van der Waals surface area contributed by atoms with Crippen LogP contribution in [0.5, 0.6) is 0 Å². The summed E-state index contributed by atoms with van der Waals surface area (Å²) in [6.45, 7) is 1.17. The first-order valence-corrected chi connectivity index (χ1v) is 8.56. The summed E-state index contributed by atoms with van der Waals surface area (Å²) in [7, 11) is 0. The van der Waals surface area contributed by atoms with E-state index in [9.17, 15) is 13.6 Å². The van der Waals surface area contributed by atoms with Crippen LogP contribution in [-0.2, 0) is 4.74 Å². The number of benzene rings is 1. The van der Waals surface area contributed by atoms with Crippen molar-refractivity contribution < 1.29 is 18.3 Å². The van der Waals surface area contributed by atoms with Crippen molar-refractivity contribution in [2.45, 2.75) is 18.9 Å². The largest absolute Gasteiger partial charge is 0.376 e. The van der Waals surface area contributed by atoms with Crippen LogP contribution in [0.1, 0.15) is 23.3 Å². The van der Waals surface area contributed by atoms with Crippen LogP contribution in [0.2, 0.25) is 0 Å². The zero-order valence-corrected chi connectivity index (χ0v) is 14.3. The number of amides is 1. The highest BCUT2D eigenvalue weighted by Gasteiger charge is 2.19. The van der Waals surface area contributed by atoms with Crippen molar-refractivity contribution in [1.29, 1.82) is 0 Å². The van der Waals surface area contributed by atoms with Crippen molar-refractivity contribution in [2.24, 2.45) is 0 Å². The van der Waals surface area contributed by atoms with Crippen LogP contribution in [0.15, 0.2) is 36.8 Å². The van der Waals surface area contributed by atoms with Crippen molar-refractivity contribution >= 4 is 5.91 Å². The average molecular weight is 373 g/mol. The monoisotopic (exact) mass is 373 g/mol. The molecule has 0 radical (unpaired) electrons. The van der Waals surface area contributed by atoms with E-state index in [-0.39, 0.29) is 23.4 Å². The van der Waals surface area contributed by atoms with Crippen molar-refractivity contribution in [2.75, 3.05) is 13.2 Å². The summed E-state index contributed by atoms with van der Waals surface area (Å²) >= 11 is 0. The molecule has 0 saturated carbocycles. The van der Waals surface area contributed by atoms with Gasteiger partial charge in [0.15, 0.2) is 17.5 Å². The van der Waals surface area contributed by atoms with Crippen LogP contribution >= 0.6 is 0 Å². The highest BCUT2D eigenvalue weighted by Crippen LogP contribution is 2.25. The molecular weight excluding hydrogens is 356 g/mol. The summed E-state index contributed by atoms with van der Waals surface area (Å²) in [5.41, 5.74) is 0.848. The maximum atomic E-state index is 14.1. The van der Waals surface area contributed by atoms with Gasteiger partial charge < -0.3 is 15.0 Å². The lowest BCUT2D eigenvalue weighted by Gasteiger charge is -2.09. The number of nitrogens with one attached hydrogen (secondary N) is 2. The van der Waals surface area contributed by atoms with Gasteiger partial charge >= 0.3 is 0 Å². The predicted octanol–water partition coefficient (Wildman–Crippen LogP) is 2.45. The lowest BCUT2D eigenvalue weighted by Crippen LogP contribution is -2.31. The van der Waals surface area contributed by atoms with Gasteiger partial charge in [-0.15, -0.1) is 10.2 Å². The van der Waals surface area contributed by atoms with Gasteiger partial charge in [0.2, 0.25) is 0 Å². The number of carbonyl (C=O) groups excluding carboxylic acids is 1. The Morgan fingerprint density at radius 2 is 2.30 bits per heavy atom. The number of halogens is 2. The molecular formula is C18H17F2N5O2. The van der Waals surface area contributed by atoms with Gasteiger partial charge in [-0.2, -0.15) is 0 Å². The van der Waals surface area contributed by atoms with Gasteiger partial charge in [0, 0.05) is 19.3 Å². The molecule has 1 fully saturated rings. The van der Waals surface area contributed by atoms with Crippen LogP contribution in [0.25, 0.3) is 17.1 Å². The molecule has 140 valence electrons. The fourth-order valence-electron chi connectivity index (χ4n) is 3.04. The van der Waals surface area contributed by atoms with E-state index in [0.29, 0.717) is 17.9 Å². The number of ether oxygens (including phenoxy) is 1. The van der Waals surface area contributed by atoms with Gasteiger partial charge in [-0.3, -0.25) is 9.36 Å². The Balaban J connectivity index is 1.55. The topological polar surface area (TPSA) is 84.8 Å². The SMILES string of the molecule is O=C(NC[C@@H]1CCCO1)c1cc(-n2cnnc2-c2cccc(F)c2F)c[nH]1. The fraction of sp³-hybridized carbons (Fsp3) is 0.278. The Kier molecular flexibility index (Phi) is 4.68. The van der Waals surface area contributed by atoms with E-state index >= 15 is 0 Å². The third-order valence-corrected chi connectivity index (χ3v) is 4.45. The molecule has 0 spiro atoms. The number of aromatic amines is 1. The van der Waals surface area contributed by atoms with E-state index in [0.717, 1.165) is 25.5 Å². The van der Waals surface area contributed by atoms with Gasteiger partial charge in [0.05, 0.1) is 17.4 Å². The number of hydrogen-bond acceptors (Lipinski definition) is 4. The van der Waals surface area contributed by atoms with Crippen LogP contribution in [0.4, 0.5) is 8.78 Å². The Hall–Kier alpha value is -3.07. The van der Waals surface area contributed by atoms with Gasteiger partial charge in [0.1, 0.15) is 12.0 Å². The van der Waals surface area contributed by atoms with Crippen molar-refractivity contribution in [3.8, 4) is 17.1 Å². The van der Waals surface area contributed by atoms with Crippen LogP contribution in [0, 0.1) is 11.6 Å². The first-order chi connectivity index (χ1) is 13.1. The molecule has 3 heterocycles. The third-order valence-electron chi connectivity index (χ3n) is 4.45. The predicted molar refractivity (Wildman–Crippen MR) is 92.4 cm³/mol. The minimum atomic E-state index is -1.00. The van der Waals surface area contributed by atoms with E-state index in [4.69, 9.17) is 4.74 Å². The molecule has 1 aromatic carbocycles. The van der Waals surface area contributed by atoms with E-state index in [1.807, 2.05) is 0 Å². The van der Waals surface area contributed by atoms with Crippen LogP contribution in [0.3, 0.4) is 0 Å². The quantitative estimate of drug-likeness (QED) is 0.720. The number of rotatable bonds is 5. The summed E-state index contributed by atoms with van der Waals surface area (Å²) in [5.74, 6) is -2.11. The summed E-state index contributed by atoms with van der Waals surface area (Å²) in [4.78, 5) is 15.2. The molecule has 0 aliphatic carbocycles. The minimum absolute atomic E-state index is 0.0157. The van der Waals surface area contributed by atoms with Gasteiger partial charge in [-0.25, -0.2) is 8.78 Å². The molecule has 27 heavy (non-hydrogen) atoms. The lowest BCUT2D eigenvalue weighted by atomic mass is 10.2. The Labute approximate surface area is 153 Å². The average Bonchev–Trinajstić information content (AvgIpc) is 3.42. The van der Waals surface area contributed by atoms with Crippen molar-refractivity contribution in [1.82, 2.24) is 25.1 Å². The molecule has 1 aliphatic heterocycles. The number of hydrogen-bond donors (Lipinski definition) is 2. The number of H-pyrrole nitrogens is 1.